The molecule has 0 heterocycles. The van der Waals surface area contributed by atoms with Crippen molar-refractivity contribution in [3.63, 3.8) is 0 Å². The molecule has 4 rings (SSSR count). The molecule has 0 saturated heterocycles. The fourth-order valence-electron chi connectivity index (χ4n) is 7.31. The first-order chi connectivity index (χ1) is 20.4. The van der Waals surface area contributed by atoms with Gasteiger partial charge in [-0.05, 0) is 123 Å². The van der Waals surface area contributed by atoms with Crippen LogP contribution in [0.25, 0.3) is 0 Å². The maximum absolute atomic E-state index is 14.9. The van der Waals surface area contributed by atoms with E-state index in [9.17, 15) is 13.2 Å². The van der Waals surface area contributed by atoms with Crippen molar-refractivity contribution < 1.29 is 17.9 Å². The van der Waals surface area contributed by atoms with Crippen molar-refractivity contribution in [1.29, 1.82) is 0 Å². The number of rotatable bonds is 16. The van der Waals surface area contributed by atoms with Crippen molar-refractivity contribution in [1.82, 2.24) is 0 Å². The van der Waals surface area contributed by atoms with E-state index in [1.807, 2.05) is 18.2 Å². The number of allylic oxidation sites excluding steroid dienone is 1. The van der Waals surface area contributed by atoms with Gasteiger partial charge in [0, 0.05) is 0 Å². The molecule has 4 heteroatoms. The normalized spacial score (nSPS) is 23.1. The highest BCUT2D eigenvalue weighted by molar-refractivity contribution is 5.29. The third-order valence-electron chi connectivity index (χ3n) is 10.1. The fourth-order valence-corrected chi connectivity index (χ4v) is 7.31. The lowest BCUT2D eigenvalue weighted by atomic mass is 9.77. The van der Waals surface area contributed by atoms with Gasteiger partial charge in [0.25, 0.3) is 0 Å². The standard InChI is InChI=1S/C38H53F3O/c1-3-5-7-8-9-11-30-12-18-32(19-13-30)33-20-16-31(17-21-33)26-27-42-38(40,41)36-25-24-35(28-37(36)39)34-22-14-29(15-23-34)10-6-4-2/h4,16-17,20-21,24-25,28-30,32,34H,2-3,5-15,18-19,22-23,26-27H2,1H3/t29-,30-,32-,34-. The van der Waals surface area contributed by atoms with Gasteiger partial charge in [-0.2, -0.15) is 8.78 Å². The molecule has 0 radical (unpaired) electrons. The highest BCUT2D eigenvalue weighted by Gasteiger charge is 2.36. The fraction of sp³-hybridized carbons (Fsp3) is 0.632. The van der Waals surface area contributed by atoms with Crippen LogP contribution in [-0.2, 0) is 17.3 Å². The quantitative estimate of drug-likeness (QED) is 0.141. The average molecular weight is 583 g/mol. The summed E-state index contributed by atoms with van der Waals surface area (Å²) < 4.78 is 49.6. The second-order valence-corrected chi connectivity index (χ2v) is 13.1. The van der Waals surface area contributed by atoms with Gasteiger partial charge in [0.15, 0.2) is 0 Å². The first-order valence-electron chi connectivity index (χ1n) is 16.9. The molecule has 2 fully saturated rings. The second-order valence-electron chi connectivity index (χ2n) is 13.1. The van der Waals surface area contributed by atoms with Gasteiger partial charge in [-0.15, -0.1) is 6.58 Å². The minimum atomic E-state index is -3.65. The SMILES string of the molecule is C=CCC[C@H]1CC[C@H](c2ccc(C(F)(F)OCCc3ccc([C@H]4CC[C@H](CCCCCCC)CC4)cc3)c(F)c2)CC1. The average Bonchev–Trinajstić information content (AvgIpc) is 3.00. The molecule has 2 aliphatic carbocycles. The molecule has 0 unspecified atom stereocenters. The molecule has 1 nitrogen and oxygen atoms in total. The highest BCUT2D eigenvalue weighted by atomic mass is 19.3. The second kappa shape index (κ2) is 16.7. The van der Waals surface area contributed by atoms with Gasteiger partial charge in [0.1, 0.15) is 5.82 Å². The summed E-state index contributed by atoms with van der Waals surface area (Å²) in [5.41, 5.74) is 2.48. The Morgan fingerprint density at radius 3 is 2.00 bits per heavy atom. The van der Waals surface area contributed by atoms with E-state index < -0.39 is 17.5 Å². The van der Waals surface area contributed by atoms with Crippen LogP contribution in [0.1, 0.15) is 144 Å². The number of halogens is 3. The van der Waals surface area contributed by atoms with E-state index in [-0.39, 0.29) is 12.5 Å². The third kappa shape index (κ3) is 9.73. The molecule has 2 aromatic rings. The van der Waals surface area contributed by atoms with Crippen LogP contribution in [0, 0.1) is 17.7 Å². The summed E-state index contributed by atoms with van der Waals surface area (Å²) in [6, 6.07) is 12.6. The van der Waals surface area contributed by atoms with Crippen LogP contribution in [0.2, 0.25) is 0 Å². The van der Waals surface area contributed by atoms with Crippen molar-refractivity contribution in [3.8, 4) is 0 Å². The van der Waals surface area contributed by atoms with E-state index in [1.165, 1.54) is 81.9 Å². The number of unbranched alkanes of at least 4 members (excludes halogenated alkanes) is 4. The van der Waals surface area contributed by atoms with Crippen LogP contribution in [0.5, 0.6) is 0 Å². The molecule has 2 aliphatic rings. The number of ether oxygens (including phenoxy) is 1. The van der Waals surface area contributed by atoms with Crippen molar-refractivity contribution in [2.75, 3.05) is 6.61 Å². The molecule has 0 bridgehead atoms. The van der Waals surface area contributed by atoms with E-state index in [0.717, 1.165) is 55.6 Å². The van der Waals surface area contributed by atoms with E-state index >= 15 is 0 Å². The minimum absolute atomic E-state index is 0.161. The van der Waals surface area contributed by atoms with Crippen LogP contribution in [0.15, 0.2) is 55.1 Å². The number of hydrogen-bond acceptors (Lipinski definition) is 1. The van der Waals surface area contributed by atoms with Gasteiger partial charge < -0.3 is 4.74 Å². The summed E-state index contributed by atoms with van der Waals surface area (Å²) >= 11 is 0. The largest absolute Gasteiger partial charge is 0.386 e. The van der Waals surface area contributed by atoms with Crippen LogP contribution in [0.4, 0.5) is 13.2 Å². The Morgan fingerprint density at radius 1 is 0.786 bits per heavy atom. The van der Waals surface area contributed by atoms with Crippen molar-refractivity contribution in [2.24, 2.45) is 11.8 Å². The van der Waals surface area contributed by atoms with E-state index in [2.05, 4.69) is 25.6 Å². The lowest BCUT2D eigenvalue weighted by Crippen LogP contribution is -2.22. The van der Waals surface area contributed by atoms with Gasteiger partial charge in [0.2, 0.25) is 0 Å². The minimum Gasteiger partial charge on any atom is -0.316 e. The molecular formula is C38H53F3O. The predicted octanol–water partition coefficient (Wildman–Crippen LogP) is 12.0. The lowest BCUT2D eigenvalue weighted by Gasteiger charge is -2.29. The van der Waals surface area contributed by atoms with Crippen LogP contribution in [0.3, 0.4) is 0 Å². The number of alkyl halides is 2. The molecule has 0 aromatic heterocycles. The number of hydrogen-bond donors (Lipinski definition) is 0. The van der Waals surface area contributed by atoms with Gasteiger partial charge in [-0.3, -0.25) is 0 Å². The Bertz CT molecular complexity index is 1060. The Labute approximate surface area is 253 Å². The van der Waals surface area contributed by atoms with Crippen LogP contribution in [-0.4, -0.2) is 6.61 Å². The summed E-state index contributed by atoms with van der Waals surface area (Å²) in [5, 5.41) is 0. The zero-order valence-corrected chi connectivity index (χ0v) is 25.9. The maximum Gasteiger partial charge on any atom is 0.386 e. The molecule has 0 aliphatic heterocycles. The van der Waals surface area contributed by atoms with Gasteiger partial charge in [0.05, 0.1) is 12.2 Å². The molecule has 0 spiro atoms. The molecule has 0 atom stereocenters. The van der Waals surface area contributed by atoms with Crippen LogP contribution < -0.4 is 0 Å². The first kappa shape index (κ1) is 32.8. The Hall–Kier alpha value is -2.07. The monoisotopic (exact) mass is 582 g/mol. The summed E-state index contributed by atoms with van der Waals surface area (Å²) in [4.78, 5) is 0. The Morgan fingerprint density at radius 2 is 1.38 bits per heavy atom. The highest BCUT2D eigenvalue weighted by Crippen LogP contribution is 2.40. The molecule has 2 saturated carbocycles. The van der Waals surface area contributed by atoms with Gasteiger partial charge in [-0.1, -0.05) is 81.9 Å². The first-order valence-corrected chi connectivity index (χ1v) is 16.9. The van der Waals surface area contributed by atoms with Gasteiger partial charge >= 0.3 is 6.11 Å². The van der Waals surface area contributed by atoms with E-state index in [4.69, 9.17) is 4.74 Å². The Kier molecular flexibility index (Phi) is 13.0. The summed E-state index contributed by atoms with van der Waals surface area (Å²) in [7, 11) is 0. The zero-order valence-electron chi connectivity index (χ0n) is 25.9. The third-order valence-corrected chi connectivity index (χ3v) is 10.1. The molecule has 0 amide bonds. The van der Waals surface area contributed by atoms with Crippen LogP contribution >= 0.6 is 0 Å². The smallest absolute Gasteiger partial charge is 0.316 e. The zero-order chi connectivity index (χ0) is 29.8. The van der Waals surface area contributed by atoms with Crippen molar-refractivity contribution in [2.45, 2.75) is 134 Å². The summed E-state index contributed by atoms with van der Waals surface area (Å²) in [5.74, 6) is 1.54. The van der Waals surface area contributed by atoms with E-state index in [0.29, 0.717) is 18.3 Å². The summed E-state index contributed by atoms with van der Waals surface area (Å²) in [6.07, 6.45) is 18.3. The molecule has 42 heavy (non-hydrogen) atoms. The molecule has 2 aromatic carbocycles. The number of benzene rings is 2. The topological polar surface area (TPSA) is 9.23 Å². The van der Waals surface area contributed by atoms with E-state index in [1.54, 1.807) is 6.07 Å². The van der Waals surface area contributed by atoms with Gasteiger partial charge in [-0.25, -0.2) is 4.39 Å². The van der Waals surface area contributed by atoms with Crippen molar-refractivity contribution >= 4 is 0 Å². The predicted molar refractivity (Wildman–Crippen MR) is 169 cm³/mol. The van der Waals surface area contributed by atoms with Crippen molar-refractivity contribution in [3.05, 3.63) is 83.2 Å². The Balaban J connectivity index is 1.19. The molecular weight excluding hydrogens is 529 g/mol. The summed E-state index contributed by atoms with van der Waals surface area (Å²) in [6.45, 7) is 5.90. The lowest BCUT2D eigenvalue weighted by molar-refractivity contribution is -0.249. The molecule has 232 valence electrons. The maximum atomic E-state index is 14.9. The molecule has 0 N–H and O–H groups in total.